The van der Waals surface area contributed by atoms with Crippen LogP contribution in [0, 0.1) is 6.92 Å². The molecule has 0 aliphatic carbocycles. The molecule has 29 heavy (non-hydrogen) atoms. The van der Waals surface area contributed by atoms with Crippen LogP contribution >= 0.6 is 0 Å². The number of aryl methyl sites for hydroxylation is 1. The molecule has 0 radical (unpaired) electrons. The van der Waals surface area contributed by atoms with Crippen molar-refractivity contribution in [1.29, 1.82) is 0 Å². The van der Waals surface area contributed by atoms with Crippen LogP contribution in [0.5, 0.6) is 0 Å². The summed E-state index contributed by atoms with van der Waals surface area (Å²) in [5.74, 6) is 1.79. The minimum atomic E-state index is -2.84. The standard InChI is InChI=1S/C20H29N5O3S/c1-3-21-20(22-8-9-25-10-12-29(26,27)13-11-25)23-14-18-15-28-19(24-18)17-6-4-16(2)5-7-17/h4-7,15H,3,8-14H2,1-2H3,(H2,21,22,23). The van der Waals surface area contributed by atoms with Gasteiger partial charge in [0.15, 0.2) is 15.8 Å². The van der Waals surface area contributed by atoms with Crippen molar-refractivity contribution in [2.45, 2.75) is 20.4 Å². The van der Waals surface area contributed by atoms with Crippen LogP contribution in [0.25, 0.3) is 11.5 Å². The molecule has 2 heterocycles. The number of aromatic nitrogens is 1. The highest BCUT2D eigenvalue weighted by atomic mass is 32.2. The molecule has 1 fully saturated rings. The molecule has 1 aromatic heterocycles. The van der Waals surface area contributed by atoms with Gasteiger partial charge in [-0.15, -0.1) is 0 Å². The van der Waals surface area contributed by atoms with Crippen molar-refractivity contribution in [1.82, 2.24) is 20.5 Å². The normalized spacial score (nSPS) is 17.2. The second-order valence-corrected chi connectivity index (χ2v) is 9.43. The average Bonchev–Trinajstić information content (AvgIpc) is 3.17. The highest BCUT2D eigenvalue weighted by molar-refractivity contribution is 7.91. The van der Waals surface area contributed by atoms with Gasteiger partial charge in [0.1, 0.15) is 12.0 Å². The maximum atomic E-state index is 11.5. The van der Waals surface area contributed by atoms with Gasteiger partial charge in [0.2, 0.25) is 5.89 Å². The van der Waals surface area contributed by atoms with Gasteiger partial charge in [-0.2, -0.15) is 0 Å². The Kier molecular flexibility index (Phi) is 7.27. The van der Waals surface area contributed by atoms with E-state index in [1.54, 1.807) is 6.26 Å². The van der Waals surface area contributed by atoms with Crippen LogP contribution in [0.1, 0.15) is 18.2 Å². The fourth-order valence-electron chi connectivity index (χ4n) is 3.02. The van der Waals surface area contributed by atoms with Gasteiger partial charge < -0.3 is 15.1 Å². The summed E-state index contributed by atoms with van der Waals surface area (Å²) in [4.78, 5) is 11.2. The molecule has 1 aromatic carbocycles. The van der Waals surface area contributed by atoms with Crippen LogP contribution in [-0.2, 0) is 16.4 Å². The van der Waals surface area contributed by atoms with Gasteiger partial charge in [-0.25, -0.2) is 18.4 Å². The minimum Gasteiger partial charge on any atom is -0.444 e. The van der Waals surface area contributed by atoms with E-state index in [0.717, 1.165) is 24.3 Å². The van der Waals surface area contributed by atoms with E-state index >= 15 is 0 Å². The lowest BCUT2D eigenvalue weighted by molar-refractivity contribution is 0.299. The summed E-state index contributed by atoms with van der Waals surface area (Å²) in [5.41, 5.74) is 2.90. The highest BCUT2D eigenvalue weighted by Crippen LogP contribution is 2.19. The quantitative estimate of drug-likeness (QED) is 0.517. The number of sulfone groups is 1. The molecule has 9 heteroatoms. The minimum absolute atomic E-state index is 0.247. The Hall–Kier alpha value is -2.39. The van der Waals surface area contributed by atoms with Crippen molar-refractivity contribution in [3.05, 3.63) is 41.8 Å². The summed E-state index contributed by atoms with van der Waals surface area (Å²) in [7, 11) is -2.84. The molecule has 1 aliphatic rings. The second kappa shape index (κ2) is 9.89. The number of benzene rings is 1. The summed E-state index contributed by atoms with van der Waals surface area (Å²) in [5, 5.41) is 6.51. The number of oxazole rings is 1. The molecule has 0 bridgehead atoms. The zero-order valence-corrected chi connectivity index (χ0v) is 17.8. The topological polar surface area (TPSA) is 99.8 Å². The number of hydrogen-bond acceptors (Lipinski definition) is 6. The van der Waals surface area contributed by atoms with Gasteiger partial charge in [0.05, 0.1) is 18.1 Å². The van der Waals surface area contributed by atoms with Crippen LogP contribution in [-0.4, -0.2) is 68.5 Å². The Morgan fingerprint density at radius 3 is 2.62 bits per heavy atom. The molecule has 3 rings (SSSR count). The zero-order chi connectivity index (χ0) is 20.7. The van der Waals surface area contributed by atoms with Gasteiger partial charge in [-0.1, -0.05) is 17.7 Å². The van der Waals surface area contributed by atoms with E-state index < -0.39 is 9.84 Å². The lowest BCUT2D eigenvalue weighted by Crippen LogP contribution is -2.45. The smallest absolute Gasteiger partial charge is 0.226 e. The summed E-state index contributed by atoms with van der Waals surface area (Å²) < 4.78 is 28.6. The van der Waals surface area contributed by atoms with Crippen LogP contribution in [0.4, 0.5) is 0 Å². The third kappa shape index (κ3) is 6.57. The highest BCUT2D eigenvalue weighted by Gasteiger charge is 2.20. The molecule has 1 aliphatic heterocycles. The predicted molar refractivity (Wildman–Crippen MR) is 115 cm³/mol. The first kappa shape index (κ1) is 21.3. The van der Waals surface area contributed by atoms with Gasteiger partial charge in [-0.3, -0.25) is 4.90 Å². The maximum Gasteiger partial charge on any atom is 0.226 e. The Bertz CT molecular complexity index is 908. The lowest BCUT2D eigenvalue weighted by atomic mass is 10.1. The molecule has 2 aromatic rings. The van der Waals surface area contributed by atoms with Gasteiger partial charge >= 0.3 is 0 Å². The van der Waals surface area contributed by atoms with Crippen molar-refractivity contribution in [2.75, 3.05) is 44.2 Å². The van der Waals surface area contributed by atoms with E-state index in [4.69, 9.17) is 4.42 Å². The molecular formula is C20H29N5O3S. The lowest BCUT2D eigenvalue weighted by Gasteiger charge is -2.26. The van der Waals surface area contributed by atoms with Crippen molar-refractivity contribution in [3.8, 4) is 11.5 Å². The van der Waals surface area contributed by atoms with Crippen molar-refractivity contribution >= 4 is 15.8 Å². The molecule has 8 nitrogen and oxygen atoms in total. The largest absolute Gasteiger partial charge is 0.444 e. The molecule has 0 saturated carbocycles. The van der Waals surface area contributed by atoms with E-state index in [1.807, 2.05) is 38.1 Å². The van der Waals surface area contributed by atoms with Crippen molar-refractivity contribution < 1.29 is 12.8 Å². The monoisotopic (exact) mass is 419 g/mol. The Balaban J connectivity index is 1.51. The Morgan fingerprint density at radius 1 is 1.21 bits per heavy atom. The number of nitrogens with one attached hydrogen (secondary N) is 2. The molecule has 0 amide bonds. The van der Waals surface area contributed by atoms with Gasteiger partial charge in [0, 0.05) is 38.3 Å². The van der Waals surface area contributed by atoms with E-state index in [-0.39, 0.29) is 11.5 Å². The Morgan fingerprint density at radius 2 is 1.93 bits per heavy atom. The number of rotatable bonds is 7. The molecule has 2 N–H and O–H groups in total. The molecular weight excluding hydrogens is 390 g/mol. The van der Waals surface area contributed by atoms with E-state index in [2.05, 4.69) is 25.5 Å². The first-order chi connectivity index (χ1) is 13.9. The van der Waals surface area contributed by atoms with E-state index in [0.29, 0.717) is 38.0 Å². The second-order valence-electron chi connectivity index (χ2n) is 7.13. The van der Waals surface area contributed by atoms with Crippen molar-refractivity contribution in [3.63, 3.8) is 0 Å². The van der Waals surface area contributed by atoms with Gasteiger partial charge in [0.25, 0.3) is 0 Å². The van der Waals surface area contributed by atoms with E-state index in [1.165, 1.54) is 5.56 Å². The number of hydrogen-bond donors (Lipinski definition) is 2. The summed E-state index contributed by atoms with van der Waals surface area (Å²) in [6, 6.07) is 8.04. The molecule has 0 unspecified atom stereocenters. The molecule has 0 spiro atoms. The fraction of sp³-hybridized carbons (Fsp3) is 0.500. The molecule has 1 saturated heterocycles. The van der Waals surface area contributed by atoms with Crippen molar-refractivity contribution in [2.24, 2.45) is 4.99 Å². The number of nitrogens with zero attached hydrogens (tertiary/aromatic N) is 3. The number of guanidine groups is 1. The zero-order valence-electron chi connectivity index (χ0n) is 17.0. The number of aliphatic imine (C=N–C) groups is 1. The molecule has 158 valence electrons. The SMILES string of the molecule is CCNC(=NCc1coc(-c2ccc(C)cc2)n1)NCCN1CCS(=O)(=O)CC1. The summed E-state index contributed by atoms with van der Waals surface area (Å²) in [6.45, 7) is 7.88. The summed E-state index contributed by atoms with van der Waals surface area (Å²) >= 11 is 0. The first-order valence-corrected chi connectivity index (χ1v) is 11.7. The average molecular weight is 420 g/mol. The van der Waals surface area contributed by atoms with Gasteiger partial charge in [-0.05, 0) is 26.0 Å². The maximum absolute atomic E-state index is 11.5. The van der Waals surface area contributed by atoms with Crippen LogP contribution in [0.15, 0.2) is 39.9 Å². The third-order valence-electron chi connectivity index (χ3n) is 4.75. The van der Waals surface area contributed by atoms with Crippen LogP contribution in [0.2, 0.25) is 0 Å². The van der Waals surface area contributed by atoms with Crippen LogP contribution < -0.4 is 10.6 Å². The fourth-order valence-corrected chi connectivity index (χ4v) is 4.29. The summed E-state index contributed by atoms with van der Waals surface area (Å²) in [6.07, 6.45) is 1.64. The third-order valence-corrected chi connectivity index (χ3v) is 6.36. The van der Waals surface area contributed by atoms with E-state index in [9.17, 15) is 8.42 Å². The predicted octanol–water partition coefficient (Wildman–Crippen LogP) is 1.44. The van der Waals surface area contributed by atoms with Crippen LogP contribution in [0.3, 0.4) is 0 Å². The molecule has 0 atom stereocenters. The Labute approximate surface area is 172 Å². The first-order valence-electron chi connectivity index (χ1n) is 9.91.